The molecule has 192 valence electrons. The van der Waals surface area contributed by atoms with Gasteiger partial charge in [-0.3, -0.25) is 19.2 Å². The highest BCUT2D eigenvalue weighted by Crippen LogP contribution is 2.38. The lowest BCUT2D eigenvalue weighted by atomic mass is 9.83. The first-order valence-corrected chi connectivity index (χ1v) is 13.6. The second-order valence-corrected chi connectivity index (χ2v) is 10.8. The van der Waals surface area contributed by atoms with Gasteiger partial charge in [-0.2, -0.15) is 0 Å². The summed E-state index contributed by atoms with van der Waals surface area (Å²) in [5, 5.41) is 5.24. The molecule has 2 aliphatic carbocycles. The zero-order valence-electron chi connectivity index (χ0n) is 20.8. The lowest BCUT2D eigenvalue weighted by Crippen LogP contribution is -2.25. The molecule has 7 heteroatoms. The van der Waals surface area contributed by atoms with E-state index in [0.717, 1.165) is 29.0 Å². The van der Waals surface area contributed by atoms with Gasteiger partial charge in [0.25, 0.3) is 0 Å². The van der Waals surface area contributed by atoms with E-state index in [0.29, 0.717) is 16.8 Å². The van der Waals surface area contributed by atoms with Crippen LogP contribution in [0.5, 0.6) is 0 Å². The number of fused-ring (bicyclic) bond motifs is 2. The van der Waals surface area contributed by atoms with Crippen LogP contribution in [0.15, 0.2) is 102 Å². The van der Waals surface area contributed by atoms with Crippen molar-refractivity contribution in [1.29, 1.82) is 0 Å². The third-order valence-corrected chi connectivity index (χ3v) is 8.14. The molecule has 1 atom stereocenters. The van der Waals surface area contributed by atoms with Crippen LogP contribution in [-0.2, 0) is 9.59 Å². The highest BCUT2D eigenvalue weighted by Gasteiger charge is 2.33. The van der Waals surface area contributed by atoms with E-state index in [1.807, 2.05) is 54.6 Å². The predicted octanol–water partition coefficient (Wildman–Crippen LogP) is 6.28. The summed E-state index contributed by atoms with van der Waals surface area (Å²) in [6.07, 6.45) is 1.87. The molecule has 0 heterocycles. The quantitative estimate of drug-likeness (QED) is 0.241. The summed E-state index contributed by atoms with van der Waals surface area (Å²) in [6, 6.07) is 28.5. The van der Waals surface area contributed by atoms with Crippen molar-refractivity contribution in [3.05, 3.63) is 125 Å². The largest absolute Gasteiger partial charge is 0.326 e. The average molecular weight is 533 g/mol. The van der Waals surface area contributed by atoms with Gasteiger partial charge in [-0.05, 0) is 48.7 Å². The van der Waals surface area contributed by atoms with Gasteiger partial charge in [-0.25, -0.2) is 0 Å². The number of carbonyl (C=O) groups excluding carboxylic acids is 4. The SMILES string of the molecule is O=C1c2ccccc2C(=O)c2c(NC(=O)C(Sc3ccc(NC(=O)C4CC4)cc3)c3ccccc3)cccc21. The molecule has 0 spiro atoms. The second-order valence-electron chi connectivity index (χ2n) is 9.62. The van der Waals surface area contributed by atoms with Gasteiger partial charge in [0.1, 0.15) is 5.25 Å². The van der Waals surface area contributed by atoms with Crippen molar-refractivity contribution >= 4 is 46.5 Å². The van der Waals surface area contributed by atoms with Crippen LogP contribution in [0.25, 0.3) is 0 Å². The minimum Gasteiger partial charge on any atom is -0.326 e. The van der Waals surface area contributed by atoms with E-state index in [1.54, 1.807) is 42.5 Å². The lowest BCUT2D eigenvalue weighted by molar-refractivity contribution is -0.117. The lowest BCUT2D eigenvalue weighted by Gasteiger charge is -2.22. The van der Waals surface area contributed by atoms with Crippen LogP contribution >= 0.6 is 11.8 Å². The zero-order valence-corrected chi connectivity index (χ0v) is 21.7. The summed E-state index contributed by atoms with van der Waals surface area (Å²) < 4.78 is 0. The standard InChI is InChI=1S/C32H24N2O4S/c35-28-23-9-4-5-10-24(23)29(36)27-25(28)11-6-12-26(27)34-32(38)30(19-7-2-1-3-8-19)39-22-17-15-21(16-18-22)33-31(37)20-13-14-20/h1-12,15-18,20,30H,13-14H2,(H,33,37)(H,34,38). The molecule has 2 amide bonds. The highest BCUT2D eigenvalue weighted by atomic mass is 32.2. The molecule has 0 saturated heterocycles. The van der Waals surface area contributed by atoms with Gasteiger partial charge < -0.3 is 10.6 Å². The zero-order chi connectivity index (χ0) is 26.9. The maximum Gasteiger partial charge on any atom is 0.242 e. The number of carbonyl (C=O) groups is 4. The molecular weight excluding hydrogens is 508 g/mol. The van der Waals surface area contributed by atoms with E-state index in [1.165, 1.54) is 11.8 Å². The van der Waals surface area contributed by atoms with Gasteiger partial charge >= 0.3 is 0 Å². The number of benzene rings is 4. The van der Waals surface area contributed by atoms with Crippen LogP contribution in [0, 0.1) is 5.92 Å². The number of nitrogens with one attached hydrogen (secondary N) is 2. The minimum absolute atomic E-state index is 0.0405. The summed E-state index contributed by atoms with van der Waals surface area (Å²) in [7, 11) is 0. The number of anilines is 2. The fourth-order valence-electron chi connectivity index (χ4n) is 4.69. The van der Waals surface area contributed by atoms with E-state index >= 15 is 0 Å². The first-order valence-electron chi connectivity index (χ1n) is 12.7. The summed E-state index contributed by atoms with van der Waals surface area (Å²) in [4.78, 5) is 53.2. The molecule has 0 aliphatic heterocycles. The third kappa shape index (κ3) is 5.01. The van der Waals surface area contributed by atoms with Gasteiger partial charge in [0.15, 0.2) is 11.6 Å². The molecule has 2 aliphatic rings. The molecule has 0 radical (unpaired) electrons. The summed E-state index contributed by atoms with van der Waals surface area (Å²) in [5.41, 5.74) is 3.02. The highest BCUT2D eigenvalue weighted by molar-refractivity contribution is 8.00. The van der Waals surface area contributed by atoms with Crippen molar-refractivity contribution in [2.75, 3.05) is 10.6 Å². The van der Waals surface area contributed by atoms with Crippen LogP contribution in [0.2, 0.25) is 0 Å². The molecule has 6 rings (SSSR count). The molecule has 0 aromatic heterocycles. The van der Waals surface area contributed by atoms with Crippen molar-refractivity contribution in [2.45, 2.75) is 23.0 Å². The molecule has 1 unspecified atom stereocenters. The smallest absolute Gasteiger partial charge is 0.242 e. The van der Waals surface area contributed by atoms with Crippen molar-refractivity contribution < 1.29 is 19.2 Å². The first kappa shape index (κ1) is 24.8. The summed E-state index contributed by atoms with van der Waals surface area (Å²) in [5.74, 6) is -0.684. The fraction of sp³-hybridized carbons (Fsp3) is 0.125. The Morgan fingerprint density at radius 3 is 2.03 bits per heavy atom. The molecule has 1 saturated carbocycles. The minimum atomic E-state index is -0.629. The van der Waals surface area contributed by atoms with E-state index in [9.17, 15) is 19.2 Å². The third-order valence-electron chi connectivity index (χ3n) is 6.87. The number of rotatable bonds is 7. The molecule has 4 aromatic rings. The van der Waals surface area contributed by atoms with Gasteiger partial charge in [0.05, 0.1) is 11.3 Å². The van der Waals surface area contributed by atoms with E-state index < -0.39 is 5.25 Å². The number of amides is 2. The number of hydrogen-bond acceptors (Lipinski definition) is 5. The Bertz CT molecular complexity index is 1610. The van der Waals surface area contributed by atoms with Gasteiger partial charge in [0.2, 0.25) is 11.8 Å². The molecule has 1 fully saturated rings. The van der Waals surface area contributed by atoms with Gasteiger partial charge in [0, 0.05) is 33.2 Å². The molecule has 39 heavy (non-hydrogen) atoms. The molecular formula is C32H24N2O4S. The van der Waals surface area contributed by atoms with Crippen LogP contribution in [0.4, 0.5) is 11.4 Å². The number of ketones is 2. The van der Waals surface area contributed by atoms with E-state index in [-0.39, 0.29) is 40.4 Å². The number of thioether (sulfide) groups is 1. The Kier molecular flexibility index (Phi) is 6.59. The van der Waals surface area contributed by atoms with Crippen molar-refractivity contribution in [1.82, 2.24) is 0 Å². The maximum absolute atomic E-state index is 13.7. The van der Waals surface area contributed by atoms with E-state index in [4.69, 9.17) is 0 Å². The Hall–Kier alpha value is -4.49. The Balaban J connectivity index is 1.27. The summed E-state index contributed by atoms with van der Waals surface area (Å²) in [6.45, 7) is 0. The summed E-state index contributed by atoms with van der Waals surface area (Å²) >= 11 is 1.37. The molecule has 2 N–H and O–H groups in total. The molecule has 0 bridgehead atoms. The normalized spacial score (nSPS) is 14.7. The van der Waals surface area contributed by atoms with E-state index in [2.05, 4.69) is 10.6 Å². The van der Waals surface area contributed by atoms with Crippen molar-refractivity contribution in [3.8, 4) is 0 Å². The van der Waals surface area contributed by atoms with Crippen LogP contribution < -0.4 is 10.6 Å². The molecule has 6 nitrogen and oxygen atoms in total. The van der Waals surface area contributed by atoms with Crippen LogP contribution in [-0.4, -0.2) is 23.4 Å². The van der Waals surface area contributed by atoms with Crippen molar-refractivity contribution in [3.63, 3.8) is 0 Å². The Morgan fingerprint density at radius 2 is 1.33 bits per heavy atom. The number of hydrogen-bond donors (Lipinski definition) is 2. The monoisotopic (exact) mass is 532 g/mol. The van der Waals surface area contributed by atoms with Gasteiger partial charge in [-0.15, -0.1) is 11.8 Å². The van der Waals surface area contributed by atoms with Crippen LogP contribution in [0.1, 0.15) is 55.5 Å². The van der Waals surface area contributed by atoms with Crippen molar-refractivity contribution in [2.24, 2.45) is 5.92 Å². The van der Waals surface area contributed by atoms with Crippen LogP contribution in [0.3, 0.4) is 0 Å². The average Bonchev–Trinajstić information content (AvgIpc) is 3.82. The molecule has 4 aromatic carbocycles. The first-order chi connectivity index (χ1) is 19.0. The van der Waals surface area contributed by atoms with Gasteiger partial charge in [-0.1, -0.05) is 66.7 Å². The Morgan fingerprint density at radius 1 is 0.692 bits per heavy atom. The predicted molar refractivity (Wildman–Crippen MR) is 151 cm³/mol. The Labute approximate surface area is 229 Å². The maximum atomic E-state index is 13.7. The second kappa shape index (κ2) is 10.3. The fourth-order valence-corrected chi connectivity index (χ4v) is 5.72. The topological polar surface area (TPSA) is 92.3 Å².